The number of nitrogens with zero attached hydrogens (tertiary/aromatic N) is 1. The second-order valence-corrected chi connectivity index (χ2v) is 7.91. The maximum atomic E-state index is 12.2. The van der Waals surface area contributed by atoms with Gasteiger partial charge in [0.05, 0.1) is 26.0 Å². The molecule has 0 radical (unpaired) electrons. The molecule has 0 fully saturated rings. The van der Waals surface area contributed by atoms with E-state index in [1.54, 1.807) is 36.4 Å². The van der Waals surface area contributed by atoms with Crippen LogP contribution in [-0.4, -0.2) is 45.2 Å². The summed E-state index contributed by atoms with van der Waals surface area (Å²) < 4.78 is 22.7. The Kier molecular flexibility index (Phi) is 10.4. The van der Waals surface area contributed by atoms with Crippen LogP contribution in [0.4, 0.5) is 0 Å². The number of ether oxygens (including phenoxy) is 4. The van der Waals surface area contributed by atoms with Crippen molar-refractivity contribution in [2.75, 3.05) is 33.0 Å². The highest BCUT2D eigenvalue weighted by atomic mass is 35.5. The summed E-state index contributed by atoms with van der Waals surface area (Å²) in [6, 6.07) is 20.0. The maximum Gasteiger partial charge on any atom is 0.271 e. The van der Waals surface area contributed by atoms with Crippen LogP contribution in [0.5, 0.6) is 17.2 Å². The lowest BCUT2D eigenvalue weighted by molar-refractivity contribution is 0.0755. The highest BCUT2D eigenvalue weighted by molar-refractivity contribution is 6.30. The molecule has 1 amide bonds. The molecule has 7 nitrogen and oxygen atoms in total. The zero-order valence-electron chi connectivity index (χ0n) is 19.8. The van der Waals surface area contributed by atoms with Gasteiger partial charge in [0.15, 0.2) is 11.5 Å². The third-order valence-electron chi connectivity index (χ3n) is 4.74. The van der Waals surface area contributed by atoms with Gasteiger partial charge in [0.2, 0.25) is 0 Å². The summed E-state index contributed by atoms with van der Waals surface area (Å²) in [5.41, 5.74) is 4.85. The predicted octanol–water partition coefficient (Wildman–Crippen LogP) is 5.29. The largest absolute Gasteiger partial charge is 0.491 e. The molecule has 35 heavy (non-hydrogen) atoms. The van der Waals surface area contributed by atoms with Crippen molar-refractivity contribution in [1.29, 1.82) is 0 Å². The molecule has 0 aliphatic carbocycles. The molecule has 0 aliphatic rings. The van der Waals surface area contributed by atoms with Gasteiger partial charge in [-0.25, -0.2) is 5.43 Å². The van der Waals surface area contributed by atoms with E-state index in [4.69, 9.17) is 30.5 Å². The van der Waals surface area contributed by atoms with E-state index >= 15 is 0 Å². The molecule has 0 aliphatic heterocycles. The zero-order chi connectivity index (χ0) is 24.9. The van der Waals surface area contributed by atoms with E-state index < -0.39 is 0 Å². The number of aryl methyl sites for hydroxylation is 1. The van der Waals surface area contributed by atoms with Crippen LogP contribution in [0.2, 0.25) is 5.02 Å². The molecule has 0 heterocycles. The number of halogens is 1. The van der Waals surface area contributed by atoms with Gasteiger partial charge in [0.25, 0.3) is 5.91 Å². The summed E-state index contributed by atoms with van der Waals surface area (Å²) in [6.45, 7) is 6.13. The first-order chi connectivity index (χ1) is 17.0. The van der Waals surface area contributed by atoms with Crippen LogP contribution in [0.1, 0.15) is 28.4 Å². The van der Waals surface area contributed by atoms with Gasteiger partial charge in [-0.2, -0.15) is 5.10 Å². The average Bonchev–Trinajstić information content (AvgIpc) is 2.85. The molecule has 0 spiro atoms. The SMILES string of the molecule is CCOc1cc(/C=N\NC(=O)c2cccc(Cl)c2)ccc1OCCOCCOc1ccc(C)cc1. The number of hydrazone groups is 1. The average molecular weight is 497 g/mol. The van der Waals surface area contributed by atoms with E-state index in [0.29, 0.717) is 55.1 Å². The zero-order valence-corrected chi connectivity index (χ0v) is 20.6. The third-order valence-corrected chi connectivity index (χ3v) is 4.97. The molecule has 184 valence electrons. The van der Waals surface area contributed by atoms with Crippen molar-refractivity contribution in [2.24, 2.45) is 5.10 Å². The van der Waals surface area contributed by atoms with Crippen LogP contribution in [0, 0.1) is 6.92 Å². The van der Waals surface area contributed by atoms with Gasteiger partial charge in [-0.1, -0.05) is 35.4 Å². The summed E-state index contributed by atoms with van der Waals surface area (Å²) in [5.74, 6) is 1.66. The summed E-state index contributed by atoms with van der Waals surface area (Å²) in [7, 11) is 0. The molecule has 0 atom stereocenters. The molecule has 0 bridgehead atoms. The minimum absolute atomic E-state index is 0.349. The summed E-state index contributed by atoms with van der Waals surface area (Å²) in [6.07, 6.45) is 1.53. The Morgan fingerprint density at radius 2 is 1.69 bits per heavy atom. The molecule has 3 rings (SSSR count). The van der Waals surface area contributed by atoms with Crippen LogP contribution in [-0.2, 0) is 4.74 Å². The van der Waals surface area contributed by atoms with Crippen molar-refractivity contribution < 1.29 is 23.7 Å². The Labute approximate surface area is 210 Å². The highest BCUT2D eigenvalue weighted by Gasteiger charge is 2.07. The van der Waals surface area contributed by atoms with E-state index in [-0.39, 0.29) is 5.91 Å². The number of carbonyl (C=O) groups excluding carboxylic acids is 1. The quantitative estimate of drug-likeness (QED) is 0.198. The van der Waals surface area contributed by atoms with Crippen molar-refractivity contribution in [2.45, 2.75) is 13.8 Å². The Hall–Kier alpha value is -3.55. The van der Waals surface area contributed by atoms with E-state index in [1.807, 2.05) is 44.2 Å². The van der Waals surface area contributed by atoms with Crippen LogP contribution >= 0.6 is 11.6 Å². The Morgan fingerprint density at radius 1 is 0.914 bits per heavy atom. The minimum Gasteiger partial charge on any atom is -0.491 e. The molecule has 0 saturated carbocycles. The summed E-state index contributed by atoms with van der Waals surface area (Å²) in [5, 5.41) is 4.50. The lowest BCUT2D eigenvalue weighted by Crippen LogP contribution is -2.17. The first kappa shape index (κ1) is 26.1. The fourth-order valence-electron chi connectivity index (χ4n) is 3.02. The van der Waals surface area contributed by atoms with Crippen LogP contribution < -0.4 is 19.6 Å². The Bertz CT molecular complexity index is 1120. The van der Waals surface area contributed by atoms with Gasteiger partial charge in [0.1, 0.15) is 19.0 Å². The second-order valence-electron chi connectivity index (χ2n) is 7.47. The van der Waals surface area contributed by atoms with Gasteiger partial charge in [0, 0.05) is 10.6 Å². The number of hydrogen-bond acceptors (Lipinski definition) is 6. The van der Waals surface area contributed by atoms with Gasteiger partial charge in [-0.3, -0.25) is 4.79 Å². The first-order valence-electron chi connectivity index (χ1n) is 11.3. The maximum absolute atomic E-state index is 12.2. The summed E-state index contributed by atoms with van der Waals surface area (Å²) in [4.78, 5) is 12.2. The minimum atomic E-state index is -0.349. The standard InChI is InChI=1S/C27H29ClN2O5/c1-3-33-26-17-21(19-29-30-27(31)22-5-4-6-23(28)18-22)9-12-25(26)35-16-14-32-13-15-34-24-10-7-20(2)8-11-24/h4-12,17-19H,3,13-16H2,1-2H3,(H,30,31)/b29-19-. The molecule has 1 N–H and O–H groups in total. The number of benzene rings is 3. The van der Waals surface area contributed by atoms with E-state index in [0.717, 1.165) is 11.3 Å². The van der Waals surface area contributed by atoms with Crippen LogP contribution in [0.25, 0.3) is 0 Å². The molecular formula is C27H29ClN2O5. The molecule has 0 saturated heterocycles. The number of nitrogens with one attached hydrogen (secondary N) is 1. The van der Waals surface area contributed by atoms with E-state index in [2.05, 4.69) is 10.5 Å². The molecule has 8 heteroatoms. The van der Waals surface area contributed by atoms with Crippen LogP contribution in [0.15, 0.2) is 71.8 Å². The molecule has 0 aromatic heterocycles. The lowest BCUT2D eigenvalue weighted by Gasteiger charge is -2.13. The van der Waals surface area contributed by atoms with E-state index in [9.17, 15) is 4.79 Å². The smallest absolute Gasteiger partial charge is 0.271 e. The van der Waals surface area contributed by atoms with E-state index in [1.165, 1.54) is 11.8 Å². The second kappa shape index (κ2) is 14.0. The van der Waals surface area contributed by atoms with Crippen LogP contribution in [0.3, 0.4) is 0 Å². The number of carbonyl (C=O) groups is 1. The summed E-state index contributed by atoms with van der Waals surface area (Å²) >= 11 is 5.92. The molecule has 3 aromatic rings. The number of amides is 1. The number of rotatable bonds is 13. The predicted molar refractivity (Wildman–Crippen MR) is 137 cm³/mol. The lowest BCUT2D eigenvalue weighted by atomic mass is 10.2. The van der Waals surface area contributed by atoms with Crippen molar-refractivity contribution in [3.63, 3.8) is 0 Å². The number of hydrogen-bond donors (Lipinski definition) is 1. The van der Waals surface area contributed by atoms with Gasteiger partial charge in [-0.15, -0.1) is 0 Å². The fraction of sp³-hybridized carbons (Fsp3) is 0.259. The van der Waals surface area contributed by atoms with Gasteiger partial charge in [-0.05, 0) is 67.9 Å². The monoisotopic (exact) mass is 496 g/mol. The third kappa shape index (κ3) is 8.96. The van der Waals surface area contributed by atoms with Crippen molar-refractivity contribution in [1.82, 2.24) is 5.43 Å². The Balaban J connectivity index is 1.42. The normalized spacial score (nSPS) is 10.8. The highest BCUT2D eigenvalue weighted by Crippen LogP contribution is 2.28. The first-order valence-corrected chi connectivity index (χ1v) is 11.7. The van der Waals surface area contributed by atoms with Gasteiger partial charge >= 0.3 is 0 Å². The molecule has 0 unspecified atom stereocenters. The molecule has 3 aromatic carbocycles. The molecular weight excluding hydrogens is 468 g/mol. The fourth-order valence-corrected chi connectivity index (χ4v) is 3.21. The van der Waals surface area contributed by atoms with Crippen molar-refractivity contribution >= 4 is 23.7 Å². The Morgan fingerprint density at radius 3 is 2.43 bits per heavy atom. The van der Waals surface area contributed by atoms with Crippen molar-refractivity contribution in [3.05, 3.63) is 88.4 Å². The van der Waals surface area contributed by atoms with Gasteiger partial charge < -0.3 is 18.9 Å². The topological polar surface area (TPSA) is 78.4 Å². The van der Waals surface area contributed by atoms with Crippen molar-refractivity contribution in [3.8, 4) is 17.2 Å².